The summed E-state index contributed by atoms with van der Waals surface area (Å²) in [6, 6.07) is 15.6. The van der Waals surface area contributed by atoms with E-state index in [0.717, 1.165) is 86.1 Å². The fourth-order valence-corrected chi connectivity index (χ4v) is 10.2. The lowest BCUT2D eigenvalue weighted by molar-refractivity contribution is 0.0955. The van der Waals surface area contributed by atoms with Gasteiger partial charge in [-0.25, -0.2) is 55.3 Å². The molecular formula is C52H52F4N12O6S. The first-order valence-corrected chi connectivity index (χ1v) is 26.0. The van der Waals surface area contributed by atoms with Crippen molar-refractivity contribution in [2.75, 3.05) is 61.2 Å². The molecule has 4 aliphatic rings. The number of nitrogens with zero attached hydrogens (tertiary/aromatic N) is 8. The fourth-order valence-electron chi connectivity index (χ4n) is 9.72. The first-order chi connectivity index (χ1) is 35.9. The zero-order chi connectivity index (χ0) is 53.5. The highest BCUT2D eigenvalue weighted by atomic mass is 32.2. The average Bonchev–Trinajstić information content (AvgIpc) is 3.94. The molecule has 2 fully saturated rings. The van der Waals surface area contributed by atoms with Gasteiger partial charge in [-0.05, 0) is 112 Å². The minimum absolute atomic E-state index is 0.0665. The number of halogens is 4. The van der Waals surface area contributed by atoms with Crippen LogP contribution in [0.1, 0.15) is 68.7 Å². The zero-order valence-corrected chi connectivity index (χ0v) is 42.3. The molecule has 75 heavy (non-hydrogen) atoms. The standard InChI is InChI=1S/C30H33F2N7O2.C22H19F2N5O4S/c1-18-8-9-19(28(40)33-2)16-21(18)25-22-17-34-30(41)39(26-23(31)6-5-7-24(26)32)27(22)36-29(35-25)38-14-10-20(11-15-38)37-12-3-4-13-37;1-11-7-8-12(20(30)25-2)9-13(11)17-14-10-26-22(31)29(18-15(23)5-4-6-16(18)24)19(14)28-21(27-17)34(3,32)33/h5-9,16,20H,3-4,10-15,17H2,1-2H3,(H,33,40)(H,34,41);4-9H,10H2,1-3H3,(H,25,30)(H,26,31). The molecule has 2 saturated heterocycles. The van der Waals surface area contributed by atoms with Gasteiger partial charge in [0.05, 0.1) is 24.5 Å². The van der Waals surface area contributed by atoms with Crippen LogP contribution in [0.3, 0.4) is 0 Å². The summed E-state index contributed by atoms with van der Waals surface area (Å²) in [5.74, 6) is -4.22. The molecule has 0 spiro atoms. The number of hydrogen-bond donors (Lipinski definition) is 4. The second-order valence-electron chi connectivity index (χ2n) is 18.4. The molecule has 6 heterocycles. The molecule has 6 aromatic rings. The minimum Gasteiger partial charge on any atom is -0.355 e. The van der Waals surface area contributed by atoms with Gasteiger partial charge < -0.3 is 31.1 Å². The Balaban J connectivity index is 0.000000187. The molecule has 4 aliphatic heterocycles. The van der Waals surface area contributed by atoms with Crippen LogP contribution in [-0.4, -0.2) is 110 Å². The number of nitrogens with one attached hydrogen (secondary N) is 4. The van der Waals surface area contributed by atoms with Crippen molar-refractivity contribution >= 4 is 62.7 Å². The van der Waals surface area contributed by atoms with Gasteiger partial charge >= 0.3 is 12.1 Å². The molecule has 4 N–H and O–H groups in total. The summed E-state index contributed by atoms with van der Waals surface area (Å²) >= 11 is 0. The number of aryl methyl sites for hydroxylation is 2. The third-order valence-electron chi connectivity index (χ3n) is 13.6. The molecule has 0 atom stereocenters. The number of piperidine rings is 1. The van der Waals surface area contributed by atoms with E-state index in [4.69, 9.17) is 9.97 Å². The fraction of sp³-hybridized carbons (Fsp3) is 0.308. The molecule has 10 rings (SSSR count). The number of amides is 6. The van der Waals surface area contributed by atoms with Crippen LogP contribution < -0.4 is 36.0 Å². The second kappa shape index (κ2) is 21.1. The van der Waals surface area contributed by atoms with E-state index in [1.807, 2.05) is 13.0 Å². The minimum atomic E-state index is -4.00. The summed E-state index contributed by atoms with van der Waals surface area (Å²) in [6.45, 7) is 7.27. The summed E-state index contributed by atoms with van der Waals surface area (Å²) < 4.78 is 84.2. The van der Waals surface area contributed by atoms with E-state index in [9.17, 15) is 36.4 Å². The number of rotatable bonds is 9. The van der Waals surface area contributed by atoms with Gasteiger partial charge in [0.15, 0.2) is 11.6 Å². The number of aromatic nitrogens is 4. The molecular weight excluding hydrogens is 997 g/mol. The molecule has 390 valence electrons. The Kier molecular flexibility index (Phi) is 14.6. The normalized spacial score (nSPS) is 15.8. The number of hydrogen-bond acceptors (Lipinski definition) is 12. The highest BCUT2D eigenvalue weighted by molar-refractivity contribution is 7.90. The van der Waals surface area contributed by atoms with Crippen molar-refractivity contribution in [3.63, 3.8) is 0 Å². The van der Waals surface area contributed by atoms with Gasteiger partial charge in [0.25, 0.3) is 11.8 Å². The number of likely N-dealkylation sites (tertiary alicyclic amines) is 1. The number of fused-ring (bicyclic) bond motifs is 2. The van der Waals surface area contributed by atoms with Crippen LogP contribution in [0.5, 0.6) is 0 Å². The van der Waals surface area contributed by atoms with Gasteiger partial charge in [-0.1, -0.05) is 24.3 Å². The van der Waals surface area contributed by atoms with Crippen molar-refractivity contribution in [1.82, 2.24) is 46.1 Å². The summed E-state index contributed by atoms with van der Waals surface area (Å²) in [4.78, 5) is 74.9. The highest BCUT2D eigenvalue weighted by Gasteiger charge is 2.38. The SMILES string of the molecule is CNC(=O)c1ccc(C)c(-c2nc(N3CCC(N4CCCC4)CC3)nc3c2CNC(=O)N3c2c(F)cccc2F)c1.CNC(=O)c1ccc(C)c(-c2nc(S(C)(=O)=O)nc3c2CNC(=O)N3c2c(F)cccc2F)c1. The molecule has 0 radical (unpaired) electrons. The monoisotopic (exact) mass is 1050 g/mol. The largest absolute Gasteiger partial charge is 0.355 e. The van der Waals surface area contributed by atoms with Crippen LogP contribution in [0.4, 0.5) is 56.1 Å². The Labute approximate surface area is 429 Å². The summed E-state index contributed by atoms with van der Waals surface area (Å²) in [6.07, 6.45) is 5.25. The second-order valence-corrected chi connectivity index (χ2v) is 20.3. The lowest BCUT2D eigenvalue weighted by Gasteiger charge is -2.37. The maximum atomic E-state index is 15.1. The van der Waals surface area contributed by atoms with Crippen molar-refractivity contribution < 1.29 is 45.2 Å². The highest BCUT2D eigenvalue weighted by Crippen LogP contribution is 2.42. The molecule has 0 unspecified atom stereocenters. The third-order valence-corrected chi connectivity index (χ3v) is 14.5. The van der Waals surface area contributed by atoms with E-state index in [1.54, 1.807) is 38.2 Å². The van der Waals surface area contributed by atoms with Gasteiger partial charge in [0, 0.05) is 72.9 Å². The van der Waals surface area contributed by atoms with Gasteiger partial charge in [0.2, 0.25) is 20.9 Å². The summed E-state index contributed by atoms with van der Waals surface area (Å²) in [5.41, 5.74) is 3.48. The number of sulfone groups is 1. The van der Waals surface area contributed by atoms with E-state index < -0.39 is 61.7 Å². The molecule has 6 amide bonds. The molecule has 2 aromatic heterocycles. The topological polar surface area (TPSA) is 215 Å². The van der Waals surface area contributed by atoms with Gasteiger partial charge in [0.1, 0.15) is 34.6 Å². The van der Waals surface area contributed by atoms with Gasteiger partial charge in [-0.15, -0.1) is 0 Å². The number of urea groups is 2. The number of anilines is 5. The molecule has 0 bridgehead atoms. The molecule has 0 saturated carbocycles. The lowest BCUT2D eigenvalue weighted by Crippen LogP contribution is -2.45. The van der Waals surface area contributed by atoms with Crippen molar-refractivity contribution in [3.05, 3.63) is 129 Å². The Morgan fingerprint density at radius 3 is 1.51 bits per heavy atom. The van der Waals surface area contributed by atoms with E-state index in [-0.39, 0.29) is 53.4 Å². The van der Waals surface area contributed by atoms with E-state index in [2.05, 4.69) is 41.0 Å². The number of para-hydroxylation sites is 2. The van der Waals surface area contributed by atoms with Crippen LogP contribution >= 0.6 is 0 Å². The predicted octanol–water partition coefficient (Wildman–Crippen LogP) is 7.37. The predicted molar refractivity (Wildman–Crippen MR) is 272 cm³/mol. The lowest BCUT2D eigenvalue weighted by atomic mass is 9.97. The maximum Gasteiger partial charge on any atom is 0.328 e. The van der Waals surface area contributed by atoms with Crippen LogP contribution in [0.25, 0.3) is 22.5 Å². The maximum absolute atomic E-state index is 15.1. The summed E-state index contributed by atoms with van der Waals surface area (Å²) in [7, 11) is -0.973. The first-order valence-electron chi connectivity index (χ1n) is 24.1. The molecule has 0 aliphatic carbocycles. The van der Waals surface area contributed by atoms with Crippen molar-refractivity contribution in [3.8, 4) is 22.5 Å². The molecule has 4 aromatic carbocycles. The smallest absolute Gasteiger partial charge is 0.328 e. The Bertz CT molecular complexity index is 3370. The van der Waals surface area contributed by atoms with Crippen molar-refractivity contribution in [2.24, 2.45) is 0 Å². The van der Waals surface area contributed by atoms with Crippen LogP contribution in [0, 0.1) is 37.1 Å². The van der Waals surface area contributed by atoms with Crippen LogP contribution in [0.2, 0.25) is 0 Å². The van der Waals surface area contributed by atoms with E-state index in [0.29, 0.717) is 50.4 Å². The van der Waals surface area contributed by atoms with E-state index in [1.165, 1.54) is 32.0 Å². The first kappa shape index (κ1) is 51.8. The Morgan fingerprint density at radius 2 is 1.07 bits per heavy atom. The quantitative estimate of drug-likeness (QED) is 0.0825. The number of carbonyl (C=O) groups is 4. The number of carbonyl (C=O) groups excluding carboxylic acids is 4. The van der Waals surface area contributed by atoms with Crippen LogP contribution in [-0.2, 0) is 22.9 Å². The Morgan fingerprint density at radius 1 is 0.627 bits per heavy atom. The van der Waals surface area contributed by atoms with E-state index >= 15 is 8.78 Å². The van der Waals surface area contributed by atoms with Crippen molar-refractivity contribution in [1.29, 1.82) is 0 Å². The van der Waals surface area contributed by atoms with Gasteiger partial charge in [-0.2, -0.15) is 9.97 Å². The molecule has 18 nitrogen and oxygen atoms in total. The Hall–Kier alpha value is -8.05. The van der Waals surface area contributed by atoms with Crippen molar-refractivity contribution in [2.45, 2.75) is 63.8 Å². The zero-order valence-electron chi connectivity index (χ0n) is 41.5. The van der Waals surface area contributed by atoms with Gasteiger partial charge in [-0.3, -0.25) is 9.59 Å². The third kappa shape index (κ3) is 10.2. The summed E-state index contributed by atoms with van der Waals surface area (Å²) in [5, 5.41) is 9.77. The van der Waals surface area contributed by atoms with Crippen LogP contribution in [0.15, 0.2) is 78.0 Å². The average molecular weight is 1050 g/mol. The molecule has 23 heteroatoms. The number of benzene rings is 4.